The van der Waals surface area contributed by atoms with E-state index in [1.807, 2.05) is 20.8 Å². The molecule has 2 aromatic rings. The van der Waals surface area contributed by atoms with Crippen LogP contribution in [0.25, 0.3) is 11.1 Å². The molecule has 0 bridgehead atoms. The Morgan fingerprint density at radius 3 is 2.15 bits per heavy atom. The number of alkyl halides is 3. The third-order valence-electron chi connectivity index (χ3n) is 5.66. The van der Waals surface area contributed by atoms with Crippen molar-refractivity contribution >= 4 is 17.8 Å². The topological polar surface area (TPSA) is 61.9 Å². The number of halogens is 3. The van der Waals surface area contributed by atoms with Crippen molar-refractivity contribution in [3.8, 4) is 11.1 Å². The third-order valence-corrected chi connectivity index (χ3v) is 5.66. The van der Waals surface area contributed by atoms with Crippen molar-refractivity contribution in [1.82, 2.24) is 9.80 Å². The summed E-state index contributed by atoms with van der Waals surface area (Å²) in [5, 5.41) is 2.79. The fourth-order valence-corrected chi connectivity index (χ4v) is 3.85. The molecule has 1 saturated heterocycles. The first-order valence-electron chi connectivity index (χ1n) is 11.1. The molecule has 3 rings (SSSR count). The molecule has 34 heavy (non-hydrogen) atoms. The number of rotatable bonds is 3. The van der Waals surface area contributed by atoms with Gasteiger partial charge in [-0.25, -0.2) is 9.59 Å². The van der Waals surface area contributed by atoms with Crippen molar-refractivity contribution < 1.29 is 27.5 Å². The van der Waals surface area contributed by atoms with E-state index in [2.05, 4.69) is 5.32 Å². The van der Waals surface area contributed by atoms with E-state index in [1.54, 1.807) is 47.2 Å². The van der Waals surface area contributed by atoms with Gasteiger partial charge < -0.3 is 19.9 Å². The van der Waals surface area contributed by atoms with Crippen LogP contribution in [0.2, 0.25) is 0 Å². The molecular formula is C25H30F3N3O3. The highest BCUT2D eigenvalue weighted by molar-refractivity contribution is 5.89. The molecule has 0 radical (unpaired) electrons. The minimum Gasteiger partial charge on any atom is -0.444 e. The molecule has 0 saturated carbocycles. The first kappa shape index (κ1) is 25.4. The minimum atomic E-state index is -4.45. The second-order valence-corrected chi connectivity index (χ2v) is 9.36. The van der Waals surface area contributed by atoms with E-state index in [-0.39, 0.29) is 23.7 Å². The number of benzene rings is 2. The van der Waals surface area contributed by atoms with Crippen molar-refractivity contribution in [2.75, 3.05) is 25.5 Å². The first-order valence-corrected chi connectivity index (χ1v) is 11.1. The summed E-state index contributed by atoms with van der Waals surface area (Å²) in [4.78, 5) is 28.2. The van der Waals surface area contributed by atoms with Gasteiger partial charge in [-0.1, -0.05) is 30.3 Å². The van der Waals surface area contributed by atoms with Gasteiger partial charge in [-0.05, 0) is 62.9 Å². The minimum absolute atomic E-state index is 0.0448. The number of likely N-dealkylation sites (tertiary alicyclic amines) is 1. The summed E-state index contributed by atoms with van der Waals surface area (Å²) in [5.41, 5.74) is -0.286. The summed E-state index contributed by atoms with van der Waals surface area (Å²) in [5.74, 6) is 0. The molecule has 0 aliphatic carbocycles. The highest BCUT2D eigenvalue weighted by Gasteiger charge is 2.33. The van der Waals surface area contributed by atoms with Crippen molar-refractivity contribution in [1.29, 1.82) is 0 Å². The number of nitrogens with one attached hydrogen (secondary N) is 1. The van der Waals surface area contributed by atoms with Gasteiger partial charge in [-0.2, -0.15) is 13.2 Å². The molecule has 0 unspecified atom stereocenters. The van der Waals surface area contributed by atoms with Gasteiger partial charge in [-0.3, -0.25) is 0 Å². The van der Waals surface area contributed by atoms with E-state index in [9.17, 15) is 22.8 Å². The van der Waals surface area contributed by atoms with Crippen LogP contribution in [0.3, 0.4) is 0 Å². The number of carbonyl (C=O) groups is 2. The number of urea groups is 1. The largest absolute Gasteiger partial charge is 0.444 e. The summed E-state index contributed by atoms with van der Waals surface area (Å²) in [7, 11) is 1.69. The monoisotopic (exact) mass is 477 g/mol. The van der Waals surface area contributed by atoms with E-state index >= 15 is 0 Å². The highest BCUT2D eigenvalue weighted by atomic mass is 19.4. The molecule has 3 amide bonds. The lowest BCUT2D eigenvalue weighted by atomic mass is 9.99. The van der Waals surface area contributed by atoms with Gasteiger partial charge in [0.25, 0.3) is 0 Å². The Bertz CT molecular complexity index is 1010. The molecule has 0 spiro atoms. The number of ether oxygens (including phenoxy) is 1. The Labute approximate surface area is 197 Å². The zero-order valence-corrected chi connectivity index (χ0v) is 19.8. The summed E-state index contributed by atoms with van der Waals surface area (Å²) in [6, 6.07) is 11.3. The summed E-state index contributed by atoms with van der Waals surface area (Å²) >= 11 is 0. The lowest BCUT2D eigenvalue weighted by molar-refractivity contribution is -0.137. The fourth-order valence-electron chi connectivity index (χ4n) is 3.85. The number of amides is 3. The molecule has 6 nitrogen and oxygen atoms in total. The Balaban J connectivity index is 1.58. The Kier molecular flexibility index (Phi) is 7.43. The van der Waals surface area contributed by atoms with Crippen molar-refractivity contribution in [3.63, 3.8) is 0 Å². The number of anilines is 1. The average molecular weight is 478 g/mol. The van der Waals surface area contributed by atoms with Crippen LogP contribution < -0.4 is 5.32 Å². The summed E-state index contributed by atoms with van der Waals surface area (Å²) in [6.45, 7) is 6.43. The molecule has 9 heteroatoms. The van der Waals surface area contributed by atoms with Crippen LogP contribution in [-0.4, -0.2) is 53.7 Å². The van der Waals surface area contributed by atoms with E-state index in [0.29, 0.717) is 37.2 Å². The van der Waals surface area contributed by atoms with Gasteiger partial charge in [0.15, 0.2) is 0 Å². The average Bonchev–Trinajstić information content (AvgIpc) is 2.77. The van der Waals surface area contributed by atoms with Crippen molar-refractivity contribution in [2.45, 2.75) is 51.4 Å². The summed E-state index contributed by atoms with van der Waals surface area (Å²) < 4.78 is 45.3. The Morgan fingerprint density at radius 1 is 1.00 bits per heavy atom. The maximum atomic E-state index is 13.3. The van der Waals surface area contributed by atoms with Crippen LogP contribution in [0.4, 0.5) is 28.4 Å². The zero-order chi connectivity index (χ0) is 25.1. The van der Waals surface area contributed by atoms with Gasteiger partial charge in [0.1, 0.15) is 5.60 Å². The Hall–Kier alpha value is -3.23. The summed E-state index contributed by atoms with van der Waals surface area (Å²) in [6.07, 6.45) is -3.57. The second kappa shape index (κ2) is 9.95. The number of hydrogen-bond donors (Lipinski definition) is 1. The number of nitrogens with zero attached hydrogens (tertiary/aromatic N) is 2. The van der Waals surface area contributed by atoms with E-state index in [0.717, 1.165) is 6.07 Å². The molecule has 1 fully saturated rings. The number of hydrogen-bond acceptors (Lipinski definition) is 3. The lowest BCUT2D eigenvalue weighted by Crippen LogP contribution is -2.49. The van der Waals surface area contributed by atoms with E-state index in [1.165, 1.54) is 12.1 Å². The van der Waals surface area contributed by atoms with Crippen LogP contribution >= 0.6 is 0 Å². The predicted octanol–water partition coefficient (Wildman–Crippen LogP) is 6.24. The smallest absolute Gasteiger partial charge is 0.417 e. The van der Waals surface area contributed by atoms with Crippen LogP contribution in [0.1, 0.15) is 39.2 Å². The van der Waals surface area contributed by atoms with Gasteiger partial charge in [0.05, 0.1) is 5.56 Å². The van der Waals surface area contributed by atoms with Crippen LogP contribution in [0, 0.1) is 0 Å². The predicted molar refractivity (Wildman–Crippen MR) is 124 cm³/mol. The fraction of sp³-hybridized carbons (Fsp3) is 0.440. The number of carbonyl (C=O) groups excluding carboxylic acids is 2. The van der Waals surface area contributed by atoms with Crippen LogP contribution in [0.5, 0.6) is 0 Å². The molecule has 0 aromatic heterocycles. The Morgan fingerprint density at radius 2 is 1.59 bits per heavy atom. The van der Waals surface area contributed by atoms with Gasteiger partial charge in [-0.15, -0.1) is 0 Å². The maximum Gasteiger partial charge on any atom is 0.417 e. The zero-order valence-electron chi connectivity index (χ0n) is 19.8. The molecule has 184 valence electrons. The van der Waals surface area contributed by atoms with Gasteiger partial charge >= 0.3 is 18.3 Å². The van der Waals surface area contributed by atoms with Gasteiger partial charge in [0.2, 0.25) is 0 Å². The van der Waals surface area contributed by atoms with Gasteiger partial charge in [0, 0.05) is 31.9 Å². The molecule has 1 aliphatic rings. The third kappa shape index (κ3) is 6.42. The second-order valence-electron chi connectivity index (χ2n) is 9.36. The number of piperidine rings is 1. The SMILES string of the molecule is CN(C(=O)Nc1ccc(-c2ccccc2C(F)(F)F)cc1)C1CCN(C(=O)OC(C)(C)C)CC1. The lowest BCUT2D eigenvalue weighted by Gasteiger charge is -2.37. The van der Waals surface area contributed by atoms with E-state index < -0.39 is 17.3 Å². The molecule has 1 aliphatic heterocycles. The van der Waals surface area contributed by atoms with E-state index in [4.69, 9.17) is 4.74 Å². The first-order chi connectivity index (χ1) is 15.8. The molecular weight excluding hydrogens is 447 g/mol. The van der Waals surface area contributed by atoms with Crippen LogP contribution in [-0.2, 0) is 10.9 Å². The van der Waals surface area contributed by atoms with Crippen molar-refractivity contribution in [2.24, 2.45) is 0 Å². The molecule has 2 aromatic carbocycles. The maximum absolute atomic E-state index is 13.3. The van der Waals surface area contributed by atoms with Crippen LogP contribution in [0.15, 0.2) is 48.5 Å². The quantitative estimate of drug-likeness (QED) is 0.570. The standard InChI is InChI=1S/C25H30F3N3O3/c1-24(2,3)34-23(33)31-15-13-19(14-16-31)30(4)22(32)29-18-11-9-17(10-12-18)20-7-5-6-8-21(20)25(26,27)28/h5-12,19H,13-16H2,1-4H3,(H,29,32). The molecule has 0 atom stereocenters. The van der Waals surface area contributed by atoms with Crippen molar-refractivity contribution in [3.05, 3.63) is 54.1 Å². The highest BCUT2D eigenvalue weighted by Crippen LogP contribution is 2.37. The normalized spacial score (nSPS) is 15.1. The molecule has 1 heterocycles. The molecule has 1 N–H and O–H groups in total.